The molecule has 1 aromatic carbocycles. The minimum Gasteiger partial charge on any atom is -0.383 e. The number of halogens is 1. The number of nitrogens with two attached hydrogens (primary N) is 1. The lowest BCUT2D eigenvalue weighted by atomic mass is 10.2. The van der Waals surface area contributed by atoms with Crippen molar-refractivity contribution in [3.05, 3.63) is 29.6 Å². The molecule has 1 fully saturated rings. The molecule has 20 heavy (non-hydrogen) atoms. The van der Waals surface area contributed by atoms with Crippen LogP contribution in [-0.2, 0) is 21.3 Å². The molecule has 0 amide bonds. The maximum absolute atomic E-state index is 13.4. The zero-order valence-electron chi connectivity index (χ0n) is 11.4. The van der Waals surface area contributed by atoms with Crippen LogP contribution < -0.4 is 5.73 Å². The number of methoxy groups -OCH3 is 1. The number of rotatable bonds is 7. The van der Waals surface area contributed by atoms with Crippen LogP contribution >= 0.6 is 0 Å². The van der Waals surface area contributed by atoms with Crippen LogP contribution in [0.5, 0.6) is 0 Å². The summed E-state index contributed by atoms with van der Waals surface area (Å²) in [4.78, 5) is -0.0389. The second-order valence-corrected chi connectivity index (χ2v) is 6.65. The van der Waals surface area contributed by atoms with Gasteiger partial charge in [-0.3, -0.25) is 0 Å². The second-order valence-electron chi connectivity index (χ2n) is 4.80. The number of sulfonamides is 1. The van der Waals surface area contributed by atoms with Crippen LogP contribution in [0.4, 0.5) is 4.39 Å². The summed E-state index contributed by atoms with van der Waals surface area (Å²) in [7, 11) is -2.22. The van der Waals surface area contributed by atoms with E-state index in [0.717, 1.165) is 18.9 Å². The Labute approximate surface area is 118 Å². The Morgan fingerprint density at radius 3 is 2.70 bits per heavy atom. The largest absolute Gasteiger partial charge is 0.383 e. The molecule has 112 valence electrons. The van der Waals surface area contributed by atoms with Gasteiger partial charge in [0.1, 0.15) is 5.82 Å². The van der Waals surface area contributed by atoms with Gasteiger partial charge in [-0.25, -0.2) is 12.8 Å². The molecule has 1 saturated carbocycles. The lowest BCUT2D eigenvalue weighted by Crippen LogP contribution is -2.36. The third-order valence-corrected chi connectivity index (χ3v) is 5.34. The summed E-state index contributed by atoms with van der Waals surface area (Å²) in [5.41, 5.74) is 5.98. The van der Waals surface area contributed by atoms with Crippen LogP contribution in [0.1, 0.15) is 18.4 Å². The molecule has 1 aromatic rings. The molecule has 0 spiro atoms. The van der Waals surface area contributed by atoms with Gasteiger partial charge in [-0.1, -0.05) is 6.07 Å². The van der Waals surface area contributed by atoms with E-state index in [1.165, 1.54) is 23.5 Å². The Balaban J connectivity index is 2.39. The summed E-state index contributed by atoms with van der Waals surface area (Å²) >= 11 is 0. The van der Waals surface area contributed by atoms with Crippen molar-refractivity contribution in [2.45, 2.75) is 30.3 Å². The Bertz CT molecular complexity index is 573. The molecule has 7 heteroatoms. The Morgan fingerprint density at radius 1 is 1.45 bits per heavy atom. The SMILES string of the molecule is COCCN(C1CC1)S(=O)(=O)c1cc(F)ccc1CN. The van der Waals surface area contributed by atoms with E-state index in [9.17, 15) is 12.8 Å². The molecule has 0 heterocycles. The Hall–Kier alpha value is -1.02. The molecular formula is C13H19FN2O3S. The minimum atomic E-state index is -3.74. The highest BCUT2D eigenvalue weighted by atomic mass is 32.2. The predicted molar refractivity (Wildman–Crippen MR) is 73.1 cm³/mol. The first-order chi connectivity index (χ1) is 9.50. The quantitative estimate of drug-likeness (QED) is 0.818. The summed E-state index contributed by atoms with van der Waals surface area (Å²) in [5, 5.41) is 0. The zero-order valence-corrected chi connectivity index (χ0v) is 12.2. The molecule has 1 aliphatic carbocycles. The molecule has 2 rings (SSSR count). The van der Waals surface area contributed by atoms with Gasteiger partial charge in [0.15, 0.2) is 0 Å². The molecule has 2 N–H and O–H groups in total. The van der Waals surface area contributed by atoms with Gasteiger partial charge in [0.2, 0.25) is 10.0 Å². The van der Waals surface area contributed by atoms with Crippen molar-refractivity contribution < 1.29 is 17.5 Å². The third-order valence-electron chi connectivity index (χ3n) is 3.31. The van der Waals surface area contributed by atoms with E-state index in [-0.39, 0.29) is 24.0 Å². The molecule has 0 atom stereocenters. The van der Waals surface area contributed by atoms with Crippen molar-refractivity contribution in [2.75, 3.05) is 20.3 Å². The molecule has 0 bridgehead atoms. The molecule has 0 aliphatic heterocycles. The normalized spacial score (nSPS) is 15.8. The highest BCUT2D eigenvalue weighted by molar-refractivity contribution is 7.89. The number of nitrogens with zero attached hydrogens (tertiary/aromatic N) is 1. The monoisotopic (exact) mass is 302 g/mol. The van der Waals surface area contributed by atoms with Crippen LogP contribution in [0, 0.1) is 5.82 Å². The van der Waals surface area contributed by atoms with Crippen LogP contribution in [0.2, 0.25) is 0 Å². The van der Waals surface area contributed by atoms with E-state index >= 15 is 0 Å². The van der Waals surface area contributed by atoms with E-state index in [4.69, 9.17) is 10.5 Å². The molecule has 0 unspecified atom stereocenters. The predicted octanol–water partition coefficient (Wildman–Crippen LogP) is 1.08. The average molecular weight is 302 g/mol. The Morgan fingerprint density at radius 2 is 2.15 bits per heavy atom. The van der Waals surface area contributed by atoms with Gasteiger partial charge >= 0.3 is 0 Å². The first-order valence-electron chi connectivity index (χ1n) is 6.50. The van der Waals surface area contributed by atoms with Gasteiger partial charge in [-0.15, -0.1) is 0 Å². The summed E-state index contributed by atoms with van der Waals surface area (Å²) in [5.74, 6) is -0.580. The zero-order chi connectivity index (χ0) is 14.8. The third kappa shape index (κ3) is 3.17. The van der Waals surface area contributed by atoms with Gasteiger partial charge in [-0.2, -0.15) is 4.31 Å². The van der Waals surface area contributed by atoms with Gasteiger partial charge in [0.05, 0.1) is 11.5 Å². The molecule has 5 nitrogen and oxygen atoms in total. The lowest BCUT2D eigenvalue weighted by Gasteiger charge is -2.22. The summed E-state index contributed by atoms with van der Waals surface area (Å²) in [6, 6.07) is 3.67. The summed E-state index contributed by atoms with van der Waals surface area (Å²) in [6.07, 6.45) is 1.66. The van der Waals surface area contributed by atoms with Crippen LogP contribution in [0.25, 0.3) is 0 Å². The van der Waals surface area contributed by atoms with Gasteiger partial charge < -0.3 is 10.5 Å². The number of benzene rings is 1. The van der Waals surface area contributed by atoms with Crippen molar-refractivity contribution >= 4 is 10.0 Å². The summed E-state index contributed by atoms with van der Waals surface area (Å²) in [6.45, 7) is 0.630. The fourth-order valence-corrected chi connectivity index (χ4v) is 4.02. The van der Waals surface area contributed by atoms with E-state index < -0.39 is 15.8 Å². The fourth-order valence-electron chi connectivity index (χ4n) is 2.11. The van der Waals surface area contributed by atoms with E-state index in [0.29, 0.717) is 12.2 Å². The second kappa shape index (κ2) is 6.17. The van der Waals surface area contributed by atoms with Crippen molar-refractivity contribution in [1.82, 2.24) is 4.31 Å². The fraction of sp³-hybridized carbons (Fsp3) is 0.538. The van der Waals surface area contributed by atoms with Crippen molar-refractivity contribution in [3.63, 3.8) is 0 Å². The Kier molecular flexibility index (Phi) is 4.74. The molecule has 0 saturated heterocycles. The van der Waals surface area contributed by atoms with Crippen molar-refractivity contribution in [3.8, 4) is 0 Å². The smallest absolute Gasteiger partial charge is 0.243 e. The van der Waals surface area contributed by atoms with Gasteiger partial charge in [0, 0.05) is 26.2 Å². The molecule has 0 radical (unpaired) electrons. The number of ether oxygens (including phenoxy) is 1. The maximum Gasteiger partial charge on any atom is 0.243 e. The van der Waals surface area contributed by atoms with E-state index in [1.807, 2.05) is 0 Å². The molecule has 1 aliphatic rings. The highest BCUT2D eigenvalue weighted by Gasteiger charge is 2.38. The topological polar surface area (TPSA) is 72.6 Å². The highest BCUT2D eigenvalue weighted by Crippen LogP contribution is 2.33. The van der Waals surface area contributed by atoms with Gasteiger partial charge in [0.25, 0.3) is 0 Å². The lowest BCUT2D eigenvalue weighted by molar-refractivity contribution is 0.177. The average Bonchev–Trinajstić information content (AvgIpc) is 3.23. The van der Waals surface area contributed by atoms with Crippen molar-refractivity contribution in [2.24, 2.45) is 5.73 Å². The molecule has 0 aromatic heterocycles. The standard InChI is InChI=1S/C13H19FN2O3S/c1-19-7-6-16(12-4-5-12)20(17,18)13-8-11(14)3-2-10(13)9-15/h2-3,8,12H,4-7,9,15H2,1H3. The first kappa shape index (κ1) is 15.4. The minimum absolute atomic E-state index is 0.0101. The first-order valence-corrected chi connectivity index (χ1v) is 7.94. The van der Waals surface area contributed by atoms with Crippen molar-refractivity contribution in [1.29, 1.82) is 0 Å². The number of hydrogen-bond donors (Lipinski definition) is 1. The summed E-state index contributed by atoms with van der Waals surface area (Å²) < 4.78 is 45.1. The molecular weight excluding hydrogens is 283 g/mol. The number of hydrogen-bond acceptors (Lipinski definition) is 4. The van der Waals surface area contributed by atoms with Crippen LogP contribution in [-0.4, -0.2) is 39.0 Å². The maximum atomic E-state index is 13.4. The van der Waals surface area contributed by atoms with Gasteiger partial charge in [-0.05, 0) is 30.5 Å². The van der Waals surface area contributed by atoms with E-state index in [2.05, 4.69) is 0 Å². The van der Waals surface area contributed by atoms with E-state index in [1.54, 1.807) is 0 Å². The van der Waals surface area contributed by atoms with Crippen LogP contribution in [0.3, 0.4) is 0 Å². The van der Waals surface area contributed by atoms with Crippen LogP contribution in [0.15, 0.2) is 23.1 Å².